The van der Waals surface area contributed by atoms with Crippen LogP contribution in [0.15, 0.2) is 16.0 Å². The maximum absolute atomic E-state index is 11.5. The second-order valence-corrected chi connectivity index (χ2v) is 5.39. The molecule has 2 rings (SSSR count). The standard InChI is InChI=1S/C12H17N3O2S/c1-2-3-9-6-10(16)15-12(14-9)18-7-11(17)13-8-4-5-8/h6,8H,2-5,7H2,1H3,(H,13,17)(H,14,15,16). The maximum atomic E-state index is 11.5. The first-order valence-corrected chi connectivity index (χ1v) is 7.18. The molecule has 18 heavy (non-hydrogen) atoms. The number of H-pyrrole nitrogens is 1. The van der Waals surface area contributed by atoms with Crippen molar-refractivity contribution < 1.29 is 4.79 Å². The Morgan fingerprint density at radius 3 is 3.06 bits per heavy atom. The molecular weight excluding hydrogens is 250 g/mol. The molecule has 1 saturated carbocycles. The van der Waals surface area contributed by atoms with E-state index in [0.717, 1.165) is 31.4 Å². The number of rotatable bonds is 6. The molecule has 0 saturated heterocycles. The van der Waals surface area contributed by atoms with Crippen LogP contribution in [0.1, 0.15) is 31.9 Å². The van der Waals surface area contributed by atoms with Crippen molar-refractivity contribution >= 4 is 17.7 Å². The summed E-state index contributed by atoms with van der Waals surface area (Å²) < 4.78 is 0. The molecule has 6 heteroatoms. The second kappa shape index (κ2) is 6.04. The Hall–Kier alpha value is -1.30. The summed E-state index contributed by atoms with van der Waals surface area (Å²) >= 11 is 1.27. The van der Waals surface area contributed by atoms with Crippen molar-refractivity contribution in [3.63, 3.8) is 0 Å². The lowest BCUT2D eigenvalue weighted by Gasteiger charge is -2.04. The van der Waals surface area contributed by atoms with Crippen LogP contribution in [-0.4, -0.2) is 27.7 Å². The van der Waals surface area contributed by atoms with Crippen molar-refractivity contribution in [3.05, 3.63) is 22.1 Å². The number of hydrogen-bond acceptors (Lipinski definition) is 4. The Morgan fingerprint density at radius 1 is 1.61 bits per heavy atom. The molecule has 0 aromatic carbocycles. The van der Waals surface area contributed by atoms with Crippen LogP contribution in [0.5, 0.6) is 0 Å². The van der Waals surface area contributed by atoms with Crippen LogP contribution in [0.25, 0.3) is 0 Å². The minimum absolute atomic E-state index is 0.00560. The van der Waals surface area contributed by atoms with Gasteiger partial charge < -0.3 is 10.3 Å². The van der Waals surface area contributed by atoms with Crippen LogP contribution < -0.4 is 10.9 Å². The molecule has 1 aromatic heterocycles. The molecule has 0 radical (unpaired) electrons. The minimum atomic E-state index is -0.154. The fourth-order valence-electron chi connectivity index (χ4n) is 1.57. The number of nitrogens with one attached hydrogen (secondary N) is 2. The van der Waals surface area contributed by atoms with E-state index in [1.807, 2.05) is 6.92 Å². The fraction of sp³-hybridized carbons (Fsp3) is 0.583. The lowest BCUT2D eigenvalue weighted by molar-refractivity contribution is -0.118. The Kier molecular flexibility index (Phi) is 4.41. The summed E-state index contributed by atoms with van der Waals surface area (Å²) in [5, 5.41) is 3.42. The van der Waals surface area contributed by atoms with Gasteiger partial charge in [0.2, 0.25) is 5.91 Å². The second-order valence-electron chi connectivity index (χ2n) is 4.42. The average Bonchev–Trinajstić information content (AvgIpc) is 3.10. The van der Waals surface area contributed by atoms with Crippen molar-refractivity contribution in [2.24, 2.45) is 0 Å². The third kappa shape index (κ3) is 4.18. The molecule has 0 unspecified atom stereocenters. The van der Waals surface area contributed by atoms with Gasteiger partial charge in [-0.3, -0.25) is 9.59 Å². The van der Waals surface area contributed by atoms with E-state index in [4.69, 9.17) is 0 Å². The lowest BCUT2D eigenvalue weighted by atomic mass is 10.2. The molecule has 0 aliphatic heterocycles. The van der Waals surface area contributed by atoms with Crippen LogP contribution in [0.4, 0.5) is 0 Å². The molecule has 1 aliphatic rings. The molecule has 98 valence electrons. The van der Waals surface area contributed by atoms with Crippen molar-refractivity contribution in [2.75, 3.05) is 5.75 Å². The highest BCUT2D eigenvalue weighted by Crippen LogP contribution is 2.19. The van der Waals surface area contributed by atoms with Gasteiger partial charge in [0.25, 0.3) is 5.56 Å². The first-order chi connectivity index (χ1) is 8.67. The topological polar surface area (TPSA) is 74.8 Å². The quantitative estimate of drug-likeness (QED) is 0.597. The molecule has 1 aromatic rings. The summed E-state index contributed by atoms with van der Waals surface area (Å²) in [7, 11) is 0. The molecule has 1 heterocycles. The highest BCUT2D eigenvalue weighted by atomic mass is 32.2. The number of thioether (sulfide) groups is 1. The van der Waals surface area contributed by atoms with Gasteiger partial charge in [-0.15, -0.1) is 0 Å². The Bertz CT molecular complexity index is 482. The number of aromatic amines is 1. The zero-order valence-electron chi connectivity index (χ0n) is 10.4. The molecule has 2 N–H and O–H groups in total. The SMILES string of the molecule is CCCc1cc(=O)[nH]c(SCC(=O)NC2CC2)n1. The Morgan fingerprint density at radius 2 is 2.39 bits per heavy atom. The van der Waals surface area contributed by atoms with Crippen molar-refractivity contribution in [2.45, 2.75) is 43.8 Å². The van der Waals surface area contributed by atoms with E-state index in [2.05, 4.69) is 15.3 Å². The molecule has 0 atom stereocenters. The maximum Gasteiger partial charge on any atom is 0.251 e. The van der Waals surface area contributed by atoms with Gasteiger partial charge >= 0.3 is 0 Å². The van der Waals surface area contributed by atoms with E-state index in [9.17, 15) is 9.59 Å². The molecule has 1 aliphatic carbocycles. The molecule has 1 amide bonds. The van der Waals surface area contributed by atoms with Gasteiger partial charge in [-0.05, 0) is 19.3 Å². The summed E-state index contributed by atoms with van der Waals surface area (Å²) in [6, 6.07) is 1.88. The van der Waals surface area contributed by atoms with Crippen LogP contribution in [-0.2, 0) is 11.2 Å². The van der Waals surface area contributed by atoms with Gasteiger partial charge in [-0.2, -0.15) is 0 Å². The van der Waals surface area contributed by atoms with E-state index >= 15 is 0 Å². The number of nitrogens with zero attached hydrogens (tertiary/aromatic N) is 1. The van der Waals surface area contributed by atoms with E-state index in [1.54, 1.807) is 0 Å². The number of carbonyl (C=O) groups is 1. The monoisotopic (exact) mass is 267 g/mol. The molecule has 5 nitrogen and oxygen atoms in total. The molecule has 0 bridgehead atoms. The third-order valence-corrected chi connectivity index (χ3v) is 3.43. The smallest absolute Gasteiger partial charge is 0.251 e. The number of aromatic nitrogens is 2. The van der Waals surface area contributed by atoms with E-state index < -0.39 is 0 Å². The summed E-state index contributed by atoms with van der Waals surface area (Å²) in [5.74, 6) is 0.306. The van der Waals surface area contributed by atoms with E-state index in [-0.39, 0.29) is 11.5 Å². The van der Waals surface area contributed by atoms with Crippen LogP contribution in [0.2, 0.25) is 0 Å². The summed E-state index contributed by atoms with van der Waals surface area (Å²) in [5.41, 5.74) is 0.630. The van der Waals surface area contributed by atoms with Gasteiger partial charge in [-0.25, -0.2) is 4.98 Å². The first-order valence-electron chi connectivity index (χ1n) is 6.19. The normalized spacial score (nSPS) is 14.5. The van der Waals surface area contributed by atoms with Gasteiger partial charge in [0, 0.05) is 17.8 Å². The molecule has 1 fully saturated rings. The van der Waals surface area contributed by atoms with Crippen molar-refractivity contribution in [1.29, 1.82) is 0 Å². The number of hydrogen-bond donors (Lipinski definition) is 2. The Balaban J connectivity index is 1.90. The van der Waals surface area contributed by atoms with Gasteiger partial charge in [-0.1, -0.05) is 25.1 Å². The van der Waals surface area contributed by atoms with Crippen molar-refractivity contribution in [3.8, 4) is 0 Å². The zero-order valence-corrected chi connectivity index (χ0v) is 11.2. The van der Waals surface area contributed by atoms with Crippen LogP contribution in [0, 0.1) is 0 Å². The van der Waals surface area contributed by atoms with Crippen molar-refractivity contribution in [1.82, 2.24) is 15.3 Å². The fourth-order valence-corrected chi connectivity index (χ4v) is 2.27. The summed E-state index contributed by atoms with van der Waals surface area (Å²) in [6.07, 6.45) is 3.89. The summed E-state index contributed by atoms with van der Waals surface area (Å²) in [4.78, 5) is 29.9. The average molecular weight is 267 g/mol. The number of carbonyl (C=O) groups excluding carboxylic acids is 1. The Labute approximate surface area is 110 Å². The van der Waals surface area contributed by atoms with E-state index in [1.165, 1.54) is 17.8 Å². The predicted molar refractivity (Wildman–Crippen MR) is 70.7 cm³/mol. The highest BCUT2D eigenvalue weighted by Gasteiger charge is 2.23. The number of aryl methyl sites for hydroxylation is 1. The largest absolute Gasteiger partial charge is 0.353 e. The highest BCUT2D eigenvalue weighted by molar-refractivity contribution is 7.99. The van der Waals surface area contributed by atoms with Gasteiger partial charge in [0.15, 0.2) is 5.16 Å². The molecular formula is C12H17N3O2S. The first kappa shape index (κ1) is 13.1. The molecule has 0 spiro atoms. The van der Waals surface area contributed by atoms with Gasteiger partial charge in [0.05, 0.1) is 5.75 Å². The zero-order chi connectivity index (χ0) is 13.0. The number of amides is 1. The van der Waals surface area contributed by atoms with Crippen LogP contribution in [0.3, 0.4) is 0 Å². The van der Waals surface area contributed by atoms with E-state index in [0.29, 0.717) is 17.0 Å². The minimum Gasteiger partial charge on any atom is -0.353 e. The van der Waals surface area contributed by atoms with Crippen LogP contribution >= 0.6 is 11.8 Å². The predicted octanol–water partition coefficient (Wildman–Crippen LogP) is 1.09. The summed E-state index contributed by atoms with van der Waals surface area (Å²) in [6.45, 7) is 2.04. The van der Waals surface area contributed by atoms with Gasteiger partial charge in [0.1, 0.15) is 0 Å². The third-order valence-electron chi connectivity index (χ3n) is 2.56. The lowest BCUT2D eigenvalue weighted by Crippen LogP contribution is -2.27.